The number of fused-ring (bicyclic) bond motifs is 1. The van der Waals surface area contributed by atoms with Gasteiger partial charge in [0, 0.05) is 6.04 Å². The van der Waals surface area contributed by atoms with Crippen molar-refractivity contribution in [2.24, 2.45) is 0 Å². The van der Waals surface area contributed by atoms with Crippen molar-refractivity contribution >= 4 is 31.5 Å². The number of ether oxygens (including phenoxy) is 1. The number of benzene rings is 1. The number of anilines is 1. The fraction of sp³-hybridized carbons (Fsp3) is 0.417. The molecule has 0 bridgehead atoms. The van der Waals surface area contributed by atoms with E-state index < -0.39 is 25.9 Å². The van der Waals surface area contributed by atoms with Crippen molar-refractivity contribution in [2.45, 2.75) is 17.4 Å². The van der Waals surface area contributed by atoms with Crippen LogP contribution in [0.1, 0.15) is 6.42 Å². The molecule has 22 heavy (non-hydrogen) atoms. The summed E-state index contributed by atoms with van der Waals surface area (Å²) in [5, 5.41) is 2.53. The fourth-order valence-electron chi connectivity index (χ4n) is 2.40. The molecular weight excluding hydrogens is 332 g/mol. The van der Waals surface area contributed by atoms with Gasteiger partial charge in [-0.25, -0.2) is 21.6 Å². The molecule has 2 heterocycles. The third kappa shape index (κ3) is 3.08. The van der Waals surface area contributed by atoms with E-state index in [9.17, 15) is 21.6 Å². The van der Waals surface area contributed by atoms with Gasteiger partial charge < -0.3 is 10.1 Å². The number of sulfone groups is 1. The number of nitrogens with one attached hydrogen (secondary N) is 2. The molecule has 0 radical (unpaired) electrons. The quantitative estimate of drug-likeness (QED) is 0.760. The zero-order valence-corrected chi connectivity index (χ0v) is 13.0. The SMILES string of the molecule is O=C1COc2ccc(S(=O)(=O)NC3CCS(=O)(=O)C3)cc2N1. The number of hydrogen-bond acceptors (Lipinski definition) is 6. The number of amides is 1. The Bertz CT molecular complexity index is 831. The molecule has 0 spiro atoms. The normalized spacial score (nSPS) is 23.5. The van der Waals surface area contributed by atoms with Crippen LogP contribution in [-0.4, -0.2) is 46.9 Å². The average molecular weight is 346 g/mol. The standard InChI is InChI=1S/C12H14N2O6S2/c15-12-6-20-11-2-1-9(5-10(11)13-12)22(18,19)14-8-3-4-21(16,17)7-8/h1-2,5,8,14H,3-4,6-7H2,(H,13,15). The first-order valence-electron chi connectivity index (χ1n) is 6.55. The molecule has 1 saturated heterocycles. The number of carbonyl (C=O) groups is 1. The molecule has 1 unspecified atom stereocenters. The smallest absolute Gasteiger partial charge is 0.262 e. The molecule has 10 heteroatoms. The second-order valence-electron chi connectivity index (χ2n) is 5.22. The van der Waals surface area contributed by atoms with Crippen molar-refractivity contribution in [3.05, 3.63) is 18.2 Å². The Morgan fingerprint density at radius 1 is 1.32 bits per heavy atom. The first kappa shape index (κ1) is 15.3. The van der Waals surface area contributed by atoms with Gasteiger partial charge in [-0.15, -0.1) is 0 Å². The maximum atomic E-state index is 12.3. The molecule has 1 aromatic rings. The molecule has 0 aromatic heterocycles. The predicted molar refractivity (Wildman–Crippen MR) is 77.9 cm³/mol. The van der Waals surface area contributed by atoms with E-state index in [-0.39, 0.29) is 41.0 Å². The van der Waals surface area contributed by atoms with Crippen LogP contribution in [0.15, 0.2) is 23.1 Å². The van der Waals surface area contributed by atoms with Gasteiger partial charge in [-0.05, 0) is 24.6 Å². The summed E-state index contributed by atoms with van der Waals surface area (Å²) < 4.78 is 54.9. The summed E-state index contributed by atoms with van der Waals surface area (Å²) in [4.78, 5) is 11.2. The zero-order valence-electron chi connectivity index (χ0n) is 11.4. The molecule has 120 valence electrons. The summed E-state index contributed by atoms with van der Waals surface area (Å²) >= 11 is 0. The highest BCUT2D eigenvalue weighted by Crippen LogP contribution is 2.30. The molecule has 8 nitrogen and oxygen atoms in total. The molecule has 0 aliphatic carbocycles. The molecule has 2 N–H and O–H groups in total. The third-order valence-corrected chi connectivity index (χ3v) is 6.73. The summed E-state index contributed by atoms with van der Waals surface area (Å²) in [5.41, 5.74) is 0.276. The third-order valence-electron chi connectivity index (χ3n) is 3.45. The van der Waals surface area contributed by atoms with E-state index in [1.165, 1.54) is 18.2 Å². The maximum absolute atomic E-state index is 12.3. The Labute approximate surface area is 127 Å². The van der Waals surface area contributed by atoms with Crippen LogP contribution in [-0.2, 0) is 24.7 Å². The van der Waals surface area contributed by atoms with Crippen LogP contribution in [0.2, 0.25) is 0 Å². The molecular formula is C12H14N2O6S2. The number of carbonyl (C=O) groups excluding carboxylic acids is 1. The minimum Gasteiger partial charge on any atom is -0.482 e. The van der Waals surface area contributed by atoms with Crippen molar-refractivity contribution in [3.8, 4) is 5.75 Å². The molecule has 1 amide bonds. The van der Waals surface area contributed by atoms with Crippen LogP contribution in [0.5, 0.6) is 5.75 Å². The number of hydrogen-bond donors (Lipinski definition) is 2. The van der Waals surface area contributed by atoms with Crippen LogP contribution in [0.4, 0.5) is 5.69 Å². The van der Waals surface area contributed by atoms with Crippen molar-refractivity contribution in [3.63, 3.8) is 0 Å². The molecule has 2 aliphatic rings. The van der Waals surface area contributed by atoms with E-state index in [0.717, 1.165) is 0 Å². The first-order valence-corrected chi connectivity index (χ1v) is 9.85. The summed E-state index contributed by atoms with van der Waals surface area (Å²) in [5.74, 6) is -0.190. The monoisotopic (exact) mass is 346 g/mol. The van der Waals surface area contributed by atoms with Gasteiger partial charge >= 0.3 is 0 Å². The second-order valence-corrected chi connectivity index (χ2v) is 9.16. The van der Waals surface area contributed by atoms with Gasteiger partial charge in [0.25, 0.3) is 5.91 Å². The van der Waals surface area contributed by atoms with Gasteiger partial charge in [0.05, 0.1) is 22.1 Å². The second kappa shape index (κ2) is 5.21. The largest absolute Gasteiger partial charge is 0.482 e. The highest BCUT2D eigenvalue weighted by Gasteiger charge is 2.32. The van der Waals surface area contributed by atoms with Crippen molar-refractivity contribution in [2.75, 3.05) is 23.4 Å². The average Bonchev–Trinajstić information content (AvgIpc) is 2.76. The maximum Gasteiger partial charge on any atom is 0.262 e. The lowest BCUT2D eigenvalue weighted by Gasteiger charge is -2.19. The Hall–Kier alpha value is -1.65. The van der Waals surface area contributed by atoms with Crippen LogP contribution in [0.25, 0.3) is 0 Å². The van der Waals surface area contributed by atoms with Gasteiger partial charge in [-0.1, -0.05) is 0 Å². The van der Waals surface area contributed by atoms with Gasteiger partial charge in [-0.3, -0.25) is 4.79 Å². The van der Waals surface area contributed by atoms with E-state index in [1.54, 1.807) is 0 Å². The predicted octanol–water partition coefficient (Wildman–Crippen LogP) is -0.517. The molecule has 0 saturated carbocycles. The van der Waals surface area contributed by atoms with E-state index in [4.69, 9.17) is 4.74 Å². The Morgan fingerprint density at radius 2 is 2.09 bits per heavy atom. The summed E-state index contributed by atoms with van der Waals surface area (Å²) in [6.45, 7) is -0.114. The Balaban J connectivity index is 1.84. The van der Waals surface area contributed by atoms with E-state index in [1.807, 2.05) is 0 Å². The lowest BCUT2D eigenvalue weighted by atomic mass is 10.2. The number of rotatable bonds is 3. The summed E-state index contributed by atoms with van der Waals surface area (Å²) in [6.07, 6.45) is 0.256. The van der Waals surface area contributed by atoms with Gasteiger partial charge in [-0.2, -0.15) is 0 Å². The highest BCUT2D eigenvalue weighted by molar-refractivity contribution is 7.92. The molecule has 2 aliphatic heterocycles. The van der Waals surface area contributed by atoms with Crippen molar-refractivity contribution < 1.29 is 26.4 Å². The van der Waals surface area contributed by atoms with Gasteiger partial charge in [0.15, 0.2) is 16.4 Å². The van der Waals surface area contributed by atoms with Crippen LogP contribution in [0, 0.1) is 0 Å². The lowest BCUT2D eigenvalue weighted by Crippen LogP contribution is -2.35. The van der Waals surface area contributed by atoms with Crippen LogP contribution < -0.4 is 14.8 Å². The fourth-order valence-corrected chi connectivity index (χ4v) is 5.48. The molecule has 1 atom stereocenters. The van der Waals surface area contributed by atoms with Gasteiger partial charge in [0.2, 0.25) is 10.0 Å². The summed E-state index contributed by atoms with van der Waals surface area (Å²) in [6, 6.07) is 3.46. The molecule has 3 rings (SSSR count). The minimum absolute atomic E-state index is 0.0196. The van der Waals surface area contributed by atoms with Gasteiger partial charge in [0.1, 0.15) is 5.75 Å². The topological polar surface area (TPSA) is 119 Å². The Morgan fingerprint density at radius 3 is 2.77 bits per heavy atom. The first-order chi connectivity index (χ1) is 10.3. The number of sulfonamides is 1. The zero-order chi connectivity index (χ0) is 16.0. The van der Waals surface area contributed by atoms with Crippen LogP contribution in [0.3, 0.4) is 0 Å². The Kier molecular flexibility index (Phi) is 3.62. The van der Waals surface area contributed by atoms with E-state index in [0.29, 0.717) is 5.75 Å². The van der Waals surface area contributed by atoms with E-state index in [2.05, 4.69) is 10.0 Å². The molecule has 1 fully saturated rings. The van der Waals surface area contributed by atoms with Crippen LogP contribution >= 0.6 is 0 Å². The minimum atomic E-state index is -3.87. The van der Waals surface area contributed by atoms with E-state index >= 15 is 0 Å². The summed E-state index contributed by atoms with van der Waals surface area (Å²) in [7, 11) is -7.04. The van der Waals surface area contributed by atoms with Crippen molar-refractivity contribution in [1.29, 1.82) is 0 Å². The van der Waals surface area contributed by atoms with Crippen molar-refractivity contribution in [1.82, 2.24) is 4.72 Å². The lowest BCUT2D eigenvalue weighted by molar-refractivity contribution is -0.118. The highest BCUT2D eigenvalue weighted by atomic mass is 32.2. The molecule has 1 aromatic carbocycles.